The minimum atomic E-state index is -0.953. The van der Waals surface area contributed by atoms with E-state index in [4.69, 9.17) is 0 Å². The third-order valence-electron chi connectivity index (χ3n) is 6.59. The van der Waals surface area contributed by atoms with E-state index in [1.54, 1.807) is 6.07 Å². The van der Waals surface area contributed by atoms with Gasteiger partial charge in [0, 0.05) is 24.4 Å². The summed E-state index contributed by atoms with van der Waals surface area (Å²) in [6.07, 6.45) is 9.98. The highest BCUT2D eigenvalue weighted by atomic mass is 16.4. The monoisotopic (exact) mass is 432 g/mol. The maximum Gasteiger partial charge on any atom is 0.336 e. The number of nitrogens with zero attached hydrogens (tertiary/aromatic N) is 2. The van der Waals surface area contributed by atoms with Gasteiger partial charge in [-0.2, -0.15) is 0 Å². The highest BCUT2D eigenvalue weighted by Gasteiger charge is 2.23. The fourth-order valence-corrected chi connectivity index (χ4v) is 4.84. The van der Waals surface area contributed by atoms with Crippen molar-refractivity contribution in [3.63, 3.8) is 0 Å². The lowest BCUT2D eigenvalue weighted by molar-refractivity contribution is 0.0697. The first-order chi connectivity index (χ1) is 15.6. The second-order valence-corrected chi connectivity index (χ2v) is 8.86. The lowest BCUT2D eigenvalue weighted by Crippen LogP contribution is -2.26. The highest BCUT2D eigenvalue weighted by Crippen LogP contribution is 2.33. The average molecular weight is 433 g/mol. The molecule has 1 heterocycles. The van der Waals surface area contributed by atoms with Crippen LogP contribution in [0, 0.1) is 0 Å². The molecule has 0 amide bonds. The Bertz CT molecular complexity index is 1120. The van der Waals surface area contributed by atoms with Crippen LogP contribution in [0.3, 0.4) is 0 Å². The average Bonchev–Trinajstić information content (AvgIpc) is 3.14. The molecule has 0 atom stereocenters. The number of carboxylic acid groups (broad SMARTS) is 1. The van der Waals surface area contributed by atoms with Gasteiger partial charge in [0.05, 0.1) is 12.1 Å². The number of hydrogen-bond donors (Lipinski definition) is 1. The number of benzene rings is 2. The molecular formula is C27H32N2O3. The van der Waals surface area contributed by atoms with E-state index >= 15 is 0 Å². The quantitative estimate of drug-likeness (QED) is 0.481. The molecule has 1 aromatic heterocycles. The Balaban J connectivity index is 1.71. The first-order valence-corrected chi connectivity index (χ1v) is 11.8. The van der Waals surface area contributed by atoms with E-state index in [0.29, 0.717) is 18.0 Å². The molecule has 1 aliphatic carbocycles. The number of aryl methyl sites for hydroxylation is 1. The van der Waals surface area contributed by atoms with Crippen LogP contribution in [0.4, 0.5) is 0 Å². The molecule has 5 heteroatoms. The van der Waals surface area contributed by atoms with Crippen molar-refractivity contribution < 1.29 is 9.90 Å². The number of hydrogen-bond acceptors (Lipinski definition) is 2. The molecule has 1 aliphatic rings. The predicted octanol–water partition coefficient (Wildman–Crippen LogP) is 5.91. The Kier molecular flexibility index (Phi) is 6.93. The lowest BCUT2D eigenvalue weighted by atomic mass is 9.87. The van der Waals surface area contributed by atoms with Crippen LogP contribution in [-0.4, -0.2) is 20.2 Å². The highest BCUT2D eigenvalue weighted by molar-refractivity contribution is 5.96. The van der Waals surface area contributed by atoms with Gasteiger partial charge in [-0.05, 0) is 42.0 Å². The number of aromatic nitrogens is 2. The maximum absolute atomic E-state index is 13.3. The van der Waals surface area contributed by atoms with E-state index < -0.39 is 5.97 Å². The van der Waals surface area contributed by atoms with Gasteiger partial charge >= 0.3 is 11.7 Å². The first kappa shape index (κ1) is 22.1. The van der Waals surface area contributed by atoms with Crippen LogP contribution < -0.4 is 5.69 Å². The predicted molar refractivity (Wildman–Crippen MR) is 127 cm³/mol. The van der Waals surface area contributed by atoms with Gasteiger partial charge in [0.2, 0.25) is 0 Å². The smallest absolute Gasteiger partial charge is 0.336 e. The second kappa shape index (κ2) is 10.0. The number of unbranched alkanes of at least 4 members (excludes halogenated alkanes) is 1. The Labute approximate surface area is 189 Å². The zero-order chi connectivity index (χ0) is 22.5. The summed E-state index contributed by atoms with van der Waals surface area (Å²) in [6, 6.07) is 15.1. The standard InChI is InChI=1S/C27H32N2O3/c1-2-3-16-28-19-25(22-12-8-5-9-13-22)29(27(28)32)18-20-14-15-23(24(17-20)26(30)31)21-10-6-4-7-11-21/h4,6-7,10-11,14-15,17,19,22H,2-3,5,8-9,12-13,16,18H2,1H3,(H,30,31). The molecule has 1 N–H and O–H groups in total. The summed E-state index contributed by atoms with van der Waals surface area (Å²) in [5.74, 6) is -0.548. The Morgan fingerprint density at radius 2 is 1.81 bits per heavy atom. The molecule has 0 unspecified atom stereocenters. The summed E-state index contributed by atoms with van der Waals surface area (Å²) in [5.41, 5.74) is 3.81. The van der Waals surface area contributed by atoms with Gasteiger partial charge in [0.25, 0.3) is 0 Å². The summed E-state index contributed by atoms with van der Waals surface area (Å²) in [4.78, 5) is 25.3. The second-order valence-electron chi connectivity index (χ2n) is 8.86. The summed E-state index contributed by atoms with van der Waals surface area (Å²) in [5, 5.41) is 9.86. The fourth-order valence-electron chi connectivity index (χ4n) is 4.84. The Hall–Kier alpha value is -3.08. The molecule has 0 aliphatic heterocycles. The molecule has 0 radical (unpaired) electrons. The molecule has 1 fully saturated rings. The van der Waals surface area contributed by atoms with E-state index in [1.807, 2.05) is 51.6 Å². The largest absolute Gasteiger partial charge is 0.478 e. The van der Waals surface area contributed by atoms with Crippen LogP contribution in [-0.2, 0) is 13.1 Å². The zero-order valence-electron chi connectivity index (χ0n) is 18.8. The molecule has 32 heavy (non-hydrogen) atoms. The van der Waals surface area contributed by atoms with Gasteiger partial charge in [-0.1, -0.05) is 75.1 Å². The van der Waals surface area contributed by atoms with Crippen LogP contribution in [0.25, 0.3) is 11.1 Å². The summed E-state index contributed by atoms with van der Waals surface area (Å²) < 4.78 is 3.73. The van der Waals surface area contributed by atoms with Gasteiger partial charge in [0.15, 0.2) is 0 Å². The normalized spacial score (nSPS) is 14.5. The van der Waals surface area contributed by atoms with Crippen molar-refractivity contribution in [1.29, 1.82) is 0 Å². The number of carboxylic acids is 1. The molecule has 5 nitrogen and oxygen atoms in total. The third-order valence-corrected chi connectivity index (χ3v) is 6.59. The SMILES string of the molecule is CCCCn1cc(C2CCCCC2)n(Cc2ccc(-c3ccccc3)c(C(=O)O)c2)c1=O. The van der Waals surface area contributed by atoms with Gasteiger partial charge in [0.1, 0.15) is 0 Å². The van der Waals surface area contributed by atoms with Crippen LogP contribution in [0.15, 0.2) is 59.5 Å². The molecule has 168 valence electrons. The topological polar surface area (TPSA) is 64.2 Å². The molecule has 2 aromatic carbocycles. The molecule has 0 spiro atoms. The fraction of sp³-hybridized carbons (Fsp3) is 0.407. The summed E-state index contributed by atoms with van der Waals surface area (Å²) in [6.45, 7) is 3.26. The van der Waals surface area contributed by atoms with Crippen molar-refractivity contribution in [2.45, 2.75) is 70.9 Å². The molecule has 1 saturated carbocycles. The van der Waals surface area contributed by atoms with E-state index in [1.165, 1.54) is 19.3 Å². The number of aromatic carboxylic acids is 1. The number of rotatable bonds is 8. The number of imidazole rings is 1. The Morgan fingerprint density at radius 3 is 2.50 bits per heavy atom. The van der Waals surface area contributed by atoms with Crippen molar-refractivity contribution in [1.82, 2.24) is 9.13 Å². The van der Waals surface area contributed by atoms with Crippen LogP contribution >= 0.6 is 0 Å². The van der Waals surface area contributed by atoms with Crippen molar-refractivity contribution in [3.05, 3.63) is 82.0 Å². The molecule has 0 saturated heterocycles. The van der Waals surface area contributed by atoms with E-state index in [9.17, 15) is 14.7 Å². The third kappa shape index (κ3) is 4.72. The van der Waals surface area contributed by atoms with E-state index in [2.05, 4.69) is 13.1 Å². The lowest BCUT2D eigenvalue weighted by Gasteiger charge is -2.22. The van der Waals surface area contributed by atoms with Crippen LogP contribution in [0.5, 0.6) is 0 Å². The minimum absolute atomic E-state index is 0.0167. The summed E-state index contributed by atoms with van der Waals surface area (Å²) in [7, 11) is 0. The van der Waals surface area contributed by atoms with Crippen LogP contribution in [0.1, 0.15) is 79.4 Å². The van der Waals surface area contributed by atoms with Gasteiger partial charge in [-0.25, -0.2) is 9.59 Å². The maximum atomic E-state index is 13.3. The van der Waals surface area contributed by atoms with Crippen LogP contribution in [0.2, 0.25) is 0 Å². The molecule has 4 rings (SSSR count). The minimum Gasteiger partial charge on any atom is -0.478 e. The van der Waals surface area contributed by atoms with Crippen molar-refractivity contribution in [2.24, 2.45) is 0 Å². The van der Waals surface area contributed by atoms with Crippen molar-refractivity contribution in [3.8, 4) is 11.1 Å². The van der Waals surface area contributed by atoms with Gasteiger partial charge in [-0.3, -0.25) is 9.13 Å². The molecule has 0 bridgehead atoms. The molecule has 3 aromatic rings. The van der Waals surface area contributed by atoms with E-state index in [-0.39, 0.29) is 11.3 Å². The molecular weight excluding hydrogens is 400 g/mol. The van der Waals surface area contributed by atoms with Gasteiger partial charge < -0.3 is 5.11 Å². The van der Waals surface area contributed by atoms with Gasteiger partial charge in [-0.15, -0.1) is 0 Å². The first-order valence-electron chi connectivity index (χ1n) is 11.8. The number of carbonyl (C=O) groups is 1. The summed E-state index contributed by atoms with van der Waals surface area (Å²) >= 11 is 0. The Morgan fingerprint density at radius 1 is 1.06 bits per heavy atom. The van der Waals surface area contributed by atoms with E-state index in [0.717, 1.165) is 49.0 Å². The van der Waals surface area contributed by atoms with Crippen molar-refractivity contribution in [2.75, 3.05) is 0 Å². The zero-order valence-corrected chi connectivity index (χ0v) is 18.8. The van der Waals surface area contributed by atoms with Crippen molar-refractivity contribution >= 4 is 5.97 Å².